The number of rotatable bonds is 5. The third kappa shape index (κ3) is 3.94. The minimum absolute atomic E-state index is 0.0721. The first-order valence-corrected chi connectivity index (χ1v) is 7.92. The molecule has 1 saturated heterocycles. The number of nitrogens with zero attached hydrogens (tertiary/aromatic N) is 2. The van der Waals surface area contributed by atoms with Gasteiger partial charge in [0.1, 0.15) is 0 Å². The summed E-state index contributed by atoms with van der Waals surface area (Å²) in [6.07, 6.45) is 4.04. The average molecular weight is 311 g/mol. The van der Waals surface area contributed by atoms with Crippen molar-refractivity contribution in [3.8, 4) is 11.1 Å². The zero-order valence-electron chi connectivity index (χ0n) is 13.0. The van der Waals surface area contributed by atoms with Crippen molar-refractivity contribution in [1.29, 1.82) is 0 Å². The van der Waals surface area contributed by atoms with Gasteiger partial charge >= 0.3 is 0 Å². The Labute approximate surface area is 136 Å². The van der Waals surface area contributed by atoms with E-state index in [1.165, 1.54) is 0 Å². The molecule has 0 saturated carbocycles. The molecular weight excluding hydrogens is 290 g/mol. The Bertz CT molecular complexity index is 660. The van der Waals surface area contributed by atoms with Gasteiger partial charge in [-0.15, -0.1) is 0 Å². The number of hydrogen-bond acceptors (Lipinski definition) is 4. The third-order valence-corrected chi connectivity index (χ3v) is 4.12. The smallest absolute Gasteiger partial charge is 0.251 e. The van der Waals surface area contributed by atoms with Gasteiger partial charge in [-0.3, -0.25) is 14.7 Å². The Morgan fingerprint density at radius 2 is 2.04 bits per heavy atom. The lowest BCUT2D eigenvalue weighted by Crippen LogP contribution is -2.34. The Morgan fingerprint density at radius 3 is 2.78 bits per heavy atom. The highest BCUT2D eigenvalue weighted by Crippen LogP contribution is 2.22. The molecule has 1 aliphatic heterocycles. The first-order valence-electron chi connectivity index (χ1n) is 7.92. The topological polar surface area (TPSA) is 65.5 Å². The number of nitrogens with one attached hydrogen (secondary N) is 1. The van der Waals surface area contributed by atoms with Crippen LogP contribution in [0.25, 0.3) is 11.1 Å². The van der Waals surface area contributed by atoms with Crippen LogP contribution in [0.4, 0.5) is 0 Å². The van der Waals surface area contributed by atoms with Crippen LogP contribution in [0, 0.1) is 0 Å². The van der Waals surface area contributed by atoms with E-state index < -0.39 is 0 Å². The number of likely N-dealkylation sites (tertiary alicyclic amines) is 1. The number of carbonyl (C=O) groups excluding carboxylic acids is 1. The molecule has 120 valence electrons. The van der Waals surface area contributed by atoms with Crippen molar-refractivity contribution in [2.24, 2.45) is 0 Å². The molecule has 0 bridgehead atoms. The van der Waals surface area contributed by atoms with Crippen molar-refractivity contribution >= 4 is 5.91 Å². The van der Waals surface area contributed by atoms with Crippen LogP contribution in [0.15, 0.2) is 48.8 Å². The van der Waals surface area contributed by atoms with Crippen LogP contribution in [-0.2, 0) is 0 Å². The number of carbonyl (C=O) groups is 1. The molecule has 1 atom stereocenters. The van der Waals surface area contributed by atoms with Crippen LogP contribution in [0.2, 0.25) is 0 Å². The van der Waals surface area contributed by atoms with Crippen molar-refractivity contribution in [2.75, 3.05) is 26.2 Å². The number of aliphatic hydroxyl groups excluding tert-OH is 1. The molecular formula is C18H21N3O2. The molecule has 5 nitrogen and oxygen atoms in total. The number of aromatic nitrogens is 1. The summed E-state index contributed by atoms with van der Waals surface area (Å²) in [5.41, 5.74) is 2.55. The highest BCUT2D eigenvalue weighted by molar-refractivity contribution is 6.00. The van der Waals surface area contributed by atoms with E-state index in [1.807, 2.05) is 36.4 Å². The van der Waals surface area contributed by atoms with Crippen LogP contribution >= 0.6 is 0 Å². The van der Waals surface area contributed by atoms with E-state index in [-0.39, 0.29) is 12.0 Å². The highest BCUT2D eigenvalue weighted by atomic mass is 16.3. The summed E-state index contributed by atoms with van der Waals surface area (Å²) in [6.45, 7) is 2.94. The van der Waals surface area contributed by atoms with Gasteiger partial charge in [0.05, 0.1) is 6.10 Å². The quantitative estimate of drug-likeness (QED) is 0.879. The van der Waals surface area contributed by atoms with Crippen molar-refractivity contribution in [3.63, 3.8) is 0 Å². The second kappa shape index (κ2) is 7.35. The van der Waals surface area contributed by atoms with Gasteiger partial charge in [0.25, 0.3) is 5.91 Å². The molecule has 0 unspecified atom stereocenters. The summed E-state index contributed by atoms with van der Waals surface area (Å²) in [6, 6.07) is 11.4. The first kappa shape index (κ1) is 15.6. The molecule has 2 aromatic rings. The van der Waals surface area contributed by atoms with Gasteiger partial charge in [0.2, 0.25) is 0 Å². The first-order chi connectivity index (χ1) is 11.2. The lowest BCUT2D eigenvalue weighted by molar-refractivity contribution is 0.0949. The predicted molar refractivity (Wildman–Crippen MR) is 89.1 cm³/mol. The zero-order chi connectivity index (χ0) is 16.1. The Balaban J connectivity index is 1.63. The molecule has 1 aromatic heterocycles. The fraction of sp³-hybridized carbons (Fsp3) is 0.333. The third-order valence-electron chi connectivity index (χ3n) is 4.12. The lowest BCUT2D eigenvalue weighted by atomic mass is 10.0. The van der Waals surface area contributed by atoms with Crippen LogP contribution < -0.4 is 5.32 Å². The minimum atomic E-state index is -0.224. The molecule has 1 fully saturated rings. The maximum Gasteiger partial charge on any atom is 0.251 e. The van der Waals surface area contributed by atoms with E-state index in [2.05, 4.69) is 15.2 Å². The second-order valence-electron chi connectivity index (χ2n) is 5.78. The predicted octanol–water partition coefficient (Wildman–Crippen LogP) is 1.54. The average Bonchev–Trinajstić information content (AvgIpc) is 3.01. The number of benzene rings is 1. The van der Waals surface area contributed by atoms with Crippen LogP contribution in [0.5, 0.6) is 0 Å². The van der Waals surface area contributed by atoms with E-state index >= 15 is 0 Å². The Morgan fingerprint density at radius 1 is 1.26 bits per heavy atom. The summed E-state index contributed by atoms with van der Waals surface area (Å²) in [5, 5.41) is 12.5. The number of hydrogen-bond donors (Lipinski definition) is 2. The minimum Gasteiger partial charge on any atom is -0.392 e. The second-order valence-corrected chi connectivity index (χ2v) is 5.78. The Kier molecular flexibility index (Phi) is 5.00. The highest BCUT2D eigenvalue weighted by Gasteiger charge is 2.19. The van der Waals surface area contributed by atoms with E-state index in [0.717, 1.165) is 30.6 Å². The van der Waals surface area contributed by atoms with Gasteiger partial charge in [-0.1, -0.05) is 18.2 Å². The van der Waals surface area contributed by atoms with Gasteiger partial charge in [-0.25, -0.2) is 0 Å². The molecule has 2 heterocycles. The van der Waals surface area contributed by atoms with Gasteiger partial charge in [0, 0.05) is 44.1 Å². The van der Waals surface area contributed by atoms with Crippen molar-refractivity contribution in [2.45, 2.75) is 12.5 Å². The summed E-state index contributed by atoms with van der Waals surface area (Å²) < 4.78 is 0. The maximum absolute atomic E-state index is 12.5. The molecule has 1 aliphatic rings. The molecule has 1 aromatic carbocycles. The van der Waals surface area contributed by atoms with Crippen LogP contribution in [0.1, 0.15) is 16.8 Å². The molecule has 2 N–H and O–H groups in total. The number of aliphatic hydroxyl groups is 1. The molecule has 0 radical (unpaired) electrons. The lowest BCUT2D eigenvalue weighted by Gasteiger charge is -2.16. The van der Waals surface area contributed by atoms with E-state index in [4.69, 9.17) is 0 Å². The number of β-amino-alcohol motifs (C(OH)–C–C–N with tert-alkyl or cyclic N) is 1. The van der Waals surface area contributed by atoms with E-state index in [9.17, 15) is 9.90 Å². The normalized spacial score (nSPS) is 18.0. The van der Waals surface area contributed by atoms with Gasteiger partial charge in [-0.2, -0.15) is 0 Å². The van der Waals surface area contributed by atoms with Crippen molar-refractivity contribution in [3.05, 3.63) is 54.4 Å². The fourth-order valence-electron chi connectivity index (χ4n) is 2.90. The van der Waals surface area contributed by atoms with Gasteiger partial charge in [-0.05, 0) is 35.7 Å². The van der Waals surface area contributed by atoms with Gasteiger partial charge in [0.15, 0.2) is 0 Å². The number of pyridine rings is 1. The van der Waals surface area contributed by atoms with E-state index in [0.29, 0.717) is 18.7 Å². The fourth-order valence-corrected chi connectivity index (χ4v) is 2.90. The van der Waals surface area contributed by atoms with Crippen LogP contribution in [0.3, 0.4) is 0 Å². The summed E-state index contributed by atoms with van der Waals surface area (Å²) >= 11 is 0. The van der Waals surface area contributed by atoms with Crippen molar-refractivity contribution < 1.29 is 9.90 Å². The molecule has 0 aliphatic carbocycles. The SMILES string of the molecule is O=C(NCCN1CC[C@@H](O)C1)c1ccccc1-c1ccncc1. The summed E-state index contributed by atoms with van der Waals surface area (Å²) in [7, 11) is 0. The standard InChI is InChI=1S/C18H21N3O2/c22-15-7-11-21(13-15)12-10-20-18(23)17-4-2-1-3-16(17)14-5-8-19-9-6-14/h1-6,8-9,15,22H,7,10-13H2,(H,20,23)/t15-/m1/s1. The van der Waals surface area contributed by atoms with E-state index in [1.54, 1.807) is 12.4 Å². The molecule has 5 heteroatoms. The Hall–Kier alpha value is -2.24. The molecule has 3 rings (SSSR count). The molecule has 23 heavy (non-hydrogen) atoms. The summed E-state index contributed by atoms with van der Waals surface area (Å²) in [4.78, 5) is 18.7. The van der Waals surface area contributed by atoms with Gasteiger partial charge < -0.3 is 10.4 Å². The number of amides is 1. The molecule has 0 spiro atoms. The maximum atomic E-state index is 12.5. The monoisotopic (exact) mass is 311 g/mol. The molecule has 1 amide bonds. The summed E-state index contributed by atoms with van der Waals surface area (Å²) in [5.74, 6) is -0.0721. The van der Waals surface area contributed by atoms with Crippen LogP contribution in [-0.4, -0.2) is 53.2 Å². The zero-order valence-corrected chi connectivity index (χ0v) is 13.0. The van der Waals surface area contributed by atoms with Crippen molar-refractivity contribution in [1.82, 2.24) is 15.2 Å². The largest absolute Gasteiger partial charge is 0.392 e.